The largest absolute Gasteiger partial charge is 0.408 e. The lowest BCUT2D eigenvalue weighted by Crippen LogP contribution is -2.45. The van der Waals surface area contributed by atoms with Gasteiger partial charge in [-0.1, -0.05) is 5.10 Å². The number of aromatic nitrogens is 3. The molecule has 2 aromatic heterocycles. The van der Waals surface area contributed by atoms with E-state index in [9.17, 15) is 4.79 Å². The molecule has 0 radical (unpaired) electrons. The van der Waals surface area contributed by atoms with E-state index in [-0.39, 0.29) is 11.5 Å². The third-order valence-electron chi connectivity index (χ3n) is 3.45. The van der Waals surface area contributed by atoms with E-state index in [1.165, 1.54) is 6.07 Å². The number of hydrogen-bond donors (Lipinski definition) is 1. The van der Waals surface area contributed by atoms with Crippen molar-refractivity contribution in [2.45, 2.75) is 24.7 Å². The Labute approximate surface area is 102 Å². The highest BCUT2D eigenvalue weighted by Gasteiger charge is 2.36. The van der Waals surface area contributed by atoms with Gasteiger partial charge >= 0.3 is 6.01 Å². The van der Waals surface area contributed by atoms with Gasteiger partial charge in [-0.15, -0.1) is 5.10 Å². The van der Waals surface area contributed by atoms with E-state index in [0.29, 0.717) is 17.7 Å². The number of nitrogens with zero attached hydrogens (tertiary/aromatic N) is 3. The molecule has 2 aromatic rings. The standard InChI is InChI=1S/C11H12N4O3/c16-9-3-8(18-14-9)7-4-15(5-7)11-13-12-10(17-11)6-1-2-6/h3,6-7H,1-2,4-5H2,(H,14,16). The second-order valence-electron chi connectivity index (χ2n) is 4.91. The topological polar surface area (TPSA) is 88.2 Å². The first-order valence-electron chi connectivity index (χ1n) is 6.06. The molecule has 0 aromatic carbocycles. The van der Waals surface area contributed by atoms with Gasteiger partial charge in [0, 0.05) is 25.1 Å². The van der Waals surface area contributed by atoms with Crippen molar-refractivity contribution in [1.82, 2.24) is 15.4 Å². The molecular weight excluding hydrogens is 236 g/mol. The number of aromatic amines is 1. The Balaban J connectivity index is 1.44. The molecule has 7 nitrogen and oxygen atoms in total. The summed E-state index contributed by atoms with van der Waals surface area (Å²) in [5, 5.41) is 10.4. The van der Waals surface area contributed by atoms with Gasteiger partial charge in [0.05, 0.1) is 5.92 Å². The van der Waals surface area contributed by atoms with Crippen LogP contribution in [-0.4, -0.2) is 28.4 Å². The molecule has 0 spiro atoms. The van der Waals surface area contributed by atoms with Crippen LogP contribution in [0.3, 0.4) is 0 Å². The zero-order chi connectivity index (χ0) is 12.1. The lowest BCUT2D eigenvalue weighted by molar-refractivity contribution is 0.325. The van der Waals surface area contributed by atoms with Gasteiger partial charge in [0.2, 0.25) is 5.89 Å². The average molecular weight is 248 g/mol. The lowest BCUT2D eigenvalue weighted by atomic mass is 9.98. The first-order valence-corrected chi connectivity index (χ1v) is 6.06. The summed E-state index contributed by atoms with van der Waals surface area (Å²) in [5.74, 6) is 2.14. The van der Waals surface area contributed by atoms with Crippen LogP contribution in [0.5, 0.6) is 0 Å². The second-order valence-corrected chi connectivity index (χ2v) is 4.91. The summed E-state index contributed by atoms with van der Waals surface area (Å²) in [6.07, 6.45) is 2.30. The summed E-state index contributed by atoms with van der Waals surface area (Å²) in [5.41, 5.74) is -0.197. The number of H-pyrrole nitrogens is 1. The van der Waals surface area contributed by atoms with Crippen LogP contribution in [0, 0.1) is 0 Å². The highest BCUT2D eigenvalue weighted by molar-refractivity contribution is 5.34. The maximum Gasteiger partial charge on any atom is 0.318 e. The van der Waals surface area contributed by atoms with Gasteiger partial charge in [0.15, 0.2) is 0 Å². The molecule has 7 heteroatoms. The average Bonchev–Trinajstić information content (AvgIpc) is 2.89. The zero-order valence-electron chi connectivity index (χ0n) is 9.63. The van der Waals surface area contributed by atoms with Crippen molar-refractivity contribution in [2.24, 2.45) is 0 Å². The Morgan fingerprint density at radius 3 is 2.78 bits per heavy atom. The third kappa shape index (κ3) is 1.54. The summed E-state index contributed by atoms with van der Waals surface area (Å²) in [6, 6.07) is 2.07. The Kier molecular flexibility index (Phi) is 1.91. The number of nitrogens with one attached hydrogen (secondary N) is 1. The van der Waals surface area contributed by atoms with Crippen LogP contribution >= 0.6 is 0 Å². The van der Waals surface area contributed by atoms with Crippen molar-refractivity contribution in [2.75, 3.05) is 18.0 Å². The van der Waals surface area contributed by atoms with Crippen LogP contribution in [0.15, 0.2) is 19.8 Å². The van der Waals surface area contributed by atoms with Crippen molar-refractivity contribution in [1.29, 1.82) is 0 Å². The van der Waals surface area contributed by atoms with Gasteiger partial charge in [0.1, 0.15) is 5.76 Å². The molecule has 0 bridgehead atoms. The molecule has 0 amide bonds. The SMILES string of the molecule is O=c1cc(C2CN(c3nnc(C4CC4)o3)C2)o[nH]1. The van der Waals surface area contributed by atoms with Crippen LogP contribution in [0.2, 0.25) is 0 Å². The molecular formula is C11H12N4O3. The van der Waals surface area contributed by atoms with Gasteiger partial charge in [-0.2, -0.15) is 5.16 Å². The van der Waals surface area contributed by atoms with Crippen LogP contribution in [-0.2, 0) is 0 Å². The van der Waals surface area contributed by atoms with Crippen LogP contribution < -0.4 is 10.5 Å². The smallest absolute Gasteiger partial charge is 0.318 e. The maximum absolute atomic E-state index is 11.0. The van der Waals surface area contributed by atoms with Gasteiger partial charge < -0.3 is 13.8 Å². The van der Waals surface area contributed by atoms with E-state index in [2.05, 4.69) is 15.4 Å². The first kappa shape index (κ1) is 9.93. The molecule has 2 aliphatic rings. The van der Waals surface area contributed by atoms with Crippen LogP contribution in [0.25, 0.3) is 0 Å². The molecule has 18 heavy (non-hydrogen) atoms. The molecule has 2 fully saturated rings. The third-order valence-corrected chi connectivity index (χ3v) is 3.45. The lowest BCUT2D eigenvalue weighted by Gasteiger charge is -2.35. The molecule has 0 atom stereocenters. The van der Waals surface area contributed by atoms with Gasteiger partial charge in [-0.25, -0.2) is 0 Å². The van der Waals surface area contributed by atoms with Crippen molar-refractivity contribution in [3.8, 4) is 0 Å². The fourth-order valence-electron chi connectivity index (χ4n) is 2.16. The molecule has 4 rings (SSSR count). The minimum Gasteiger partial charge on any atom is -0.408 e. The van der Waals surface area contributed by atoms with Crippen molar-refractivity contribution >= 4 is 6.01 Å². The molecule has 1 aliphatic heterocycles. The van der Waals surface area contributed by atoms with Crippen molar-refractivity contribution in [3.05, 3.63) is 28.1 Å². The molecule has 1 saturated carbocycles. The fourth-order valence-corrected chi connectivity index (χ4v) is 2.16. The summed E-state index contributed by atoms with van der Waals surface area (Å²) in [7, 11) is 0. The highest BCUT2D eigenvalue weighted by Crippen LogP contribution is 2.40. The molecule has 0 unspecified atom stereocenters. The fraction of sp³-hybridized carbons (Fsp3) is 0.545. The zero-order valence-corrected chi connectivity index (χ0v) is 9.63. The monoisotopic (exact) mass is 248 g/mol. The van der Waals surface area contributed by atoms with E-state index in [1.54, 1.807) is 0 Å². The van der Waals surface area contributed by atoms with Crippen molar-refractivity contribution < 1.29 is 8.94 Å². The second kappa shape index (κ2) is 3.47. The summed E-state index contributed by atoms with van der Waals surface area (Å²) < 4.78 is 10.7. The maximum atomic E-state index is 11.0. The highest BCUT2D eigenvalue weighted by atomic mass is 16.5. The molecule has 94 valence electrons. The summed E-state index contributed by atoms with van der Waals surface area (Å²) in [4.78, 5) is 13.0. The predicted octanol–water partition coefficient (Wildman–Crippen LogP) is 0.832. The number of anilines is 1. The summed E-state index contributed by atoms with van der Waals surface area (Å²) >= 11 is 0. The van der Waals surface area contributed by atoms with E-state index < -0.39 is 0 Å². The Morgan fingerprint density at radius 2 is 2.11 bits per heavy atom. The van der Waals surface area contributed by atoms with Crippen LogP contribution in [0.4, 0.5) is 6.01 Å². The summed E-state index contributed by atoms with van der Waals surface area (Å²) in [6.45, 7) is 1.49. The first-order chi connectivity index (χ1) is 8.79. The normalized spacial score (nSPS) is 20.1. The van der Waals surface area contributed by atoms with E-state index in [1.807, 2.05) is 4.90 Å². The number of hydrogen-bond acceptors (Lipinski definition) is 6. The molecule has 1 aliphatic carbocycles. The van der Waals surface area contributed by atoms with Gasteiger partial charge in [-0.05, 0) is 12.8 Å². The predicted molar refractivity (Wildman–Crippen MR) is 60.6 cm³/mol. The Hall–Kier alpha value is -2.05. The molecule has 1 saturated heterocycles. The minimum absolute atomic E-state index is 0.197. The van der Waals surface area contributed by atoms with E-state index >= 15 is 0 Å². The van der Waals surface area contributed by atoms with Gasteiger partial charge in [-0.3, -0.25) is 4.79 Å². The Bertz CT molecular complexity index is 618. The molecule has 3 heterocycles. The minimum atomic E-state index is -0.197. The number of rotatable bonds is 3. The van der Waals surface area contributed by atoms with Crippen LogP contribution in [0.1, 0.15) is 36.3 Å². The Morgan fingerprint density at radius 1 is 1.28 bits per heavy atom. The molecule has 1 N–H and O–H groups in total. The van der Waals surface area contributed by atoms with E-state index in [4.69, 9.17) is 8.94 Å². The van der Waals surface area contributed by atoms with Crippen molar-refractivity contribution in [3.63, 3.8) is 0 Å². The van der Waals surface area contributed by atoms with Gasteiger partial charge in [0.25, 0.3) is 5.56 Å². The van der Waals surface area contributed by atoms with E-state index in [0.717, 1.165) is 31.8 Å². The quantitative estimate of drug-likeness (QED) is 0.865.